The molecule has 0 amide bonds. The number of hydrogen-bond acceptors (Lipinski definition) is 5. The van der Waals surface area contributed by atoms with Crippen LogP contribution in [-0.2, 0) is 0 Å². The van der Waals surface area contributed by atoms with Crippen LogP contribution >= 0.6 is 0 Å². The number of aromatic carboxylic acids is 1. The van der Waals surface area contributed by atoms with Crippen molar-refractivity contribution in [3.05, 3.63) is 48.0 Å². The molecule has 3 aromatic rings. The largest absolute Gasteiger partial charge is 0.496 e. The van der Waals surface area contributed by atoms with Crippen molar-refractivity contribution in [3.63, 3.8) is 0 Å². The van der Waals surface area contributed by atoms with Gasteiger partial charge < -0.3 is 19.3 Å². The highest BCUT2D eigenvalue weighted by atomic mass is 16.6. The van der Waals surface area contributed by atoms with Crippen LogP contribution < -0.4 is 14.2 Å². The lowest BCUT2D eigenvalue weighted by atomic mass is 10.0. The molecule has 1 aliphatic rings. The summed E-state index contributed by atoms with van der Waals surface area (Å²) in [7, 11) is 1.57. The van der Waals surface area contributed by atoms with Crippen molar-refractivity contribution in [2.75, 3.05) is 20.3 Å². The van der Waals surface area contributed by atoms with Gasteiger partial charge in [0, 0.05) is 17.0 Å². The summed E-state index contributed by atoms with van der Waals surface area (Å²) in [5.74, 6) is 0.705. The Labute approximate surface area is 143 Å². The number of para-hydroxylation sites is 1. The number of rotatable bonds is 3. The van der Waals surface area contributed by atoms with E-state index in [1.54, 1.807) is 25.3 Å². The lowest BCUT2D eigenvalue weighted by molar-refractivity contribution is 0.0699. The first-order valence-corrected chi connectivity index (χ1v) is 7.78. The molecule has 126 valence electrons. The molecule has 6 heteroatoms. The zero-order valence-corrected chi connectivity index (χ0v) is 13.5. The first kappa shape index (κ1) is 15.3. The molecule has 0 spiro atoms. The van der Waals surface area contributed by atoms with Gasteiger partial charge in [-0.15, -0.1) is 0 Å². The summed E-state index contributed by atoms with van der Waals surface area (Å²) in [6, 6.07) is 12.3. The quantitative estimate of drug-likeness (QED) is 0.789. The zero-order valence-electron chi connectivity index (χ0n) is 13.5. The van der Waals surface area contributed by atoms with Crippen LogP contribution in [0.2, 0.25) is 0 Å². The highest BCUT2D eigenvalue weighted by Crippen LogP contribution is 2.37. The Morgan fingerprint density at radius 1 is 1.12 bits per heavy atom. The molecule has 0 saturated heterocycles. The van der Waals surface area contributed by atoms with Crippen molar-refractivity contribution in [2.24, 2.45) is 0 Å². The van der Waals surface area contributed by atoms with E-state index in [-0.39, 0.29) is 5.56 Å². The van der Waals surface area contributed by atoms with E-state index >= 15 is 0 Å². The van der Waals surface area contributed by atoms with Crippen LogP contribution in [0.5, 0.6) is 17.2 Å². The summed E-state index contributed by atoms with van der Waals surface area (Å²) < 4.78 is 16.5. The zero-order chi connectivity index (χ0) is 17.4. The van der Waals surface area contributed by atoms with E-state index in [1.165, 1.54) is 0 Å². The van der Waals surface area contributed by atoms with Crippen LogP contribution in [0.1, 0.15) is 10.4 Å². The molecule has 0 bridgehead atoms. The molecule has 0 fully saturated rings. The van der Waals surface area contributed by atoms with Gasteiger partial charge in [0.1, 0.15) is 19.0 Å². The number of benzene rings is 2. The fraction of sp³-hybridized carbons (Fsp3) is 0.158. The number of carboxylic acids is 1. The van der Waals surface area contributed by atoms with Crippen LogP contribution in [0.4, 0.5) is 0 Å². The Balaban J connectivity index is 1.99. The average Bonchev–Trinajstić information content (AvgIpc) is 2.65. The fourth-order valence-electron chi connectivity index (χ4n) is 2.93. The van der Waals surface area contributed by atoms with Gasteiger partial charge >= 0.3 is 5.97 Å². The minimum absolute atomic E-state index is 0.155. The maximum absolute atomic E-state index is 11.8. The number of nitrogens with zero attached hydrogens (tertiary/aromatic N) is 1. The van der Waals surface area contributed by atoms with Gasteiger partial charge in [0.05, 0.1) is 23.9 Å². The molecule has 0 atom stereocenters. The van der Waals surface area contributed by atoms with Crippen molar-refractivity contribution in [2.45, 2.75) is 0 Å². The molecule has 4 rings (SSSR count). The third kappa shape index (κ3) is 2.61. The van der Waals surface area contributed by atoms with Crippen LogP contribution in [0, 0.1) is 0 Å². The SMILES string of the molecule is COc1ccccc1-c1cc(C(=O)O)c2cc3c(cc2n1)OCCO3. The van der Waals surface area contributed by atoms with Crippen molar-refractivity contribution in [3.8, 4) is 28.5 Å². The lowest BCUT2D eigenvalue weighted by Gasteiger charge is -2.19. The Hall–Kier alpha value is -3.28. The molecular formula is C19H15NO5. The predicted molar refractivity (Wildman–Crippen MR) is 91.7 cm³/mol. The second kappa shape index (κ2) is 5.98. The smallest absolute Gasteiger partial charge is 0.336 e. The molecule has 6 nitrogen and oxygen atoms in total. The normalized spacial score (nSPS) is 12.8. The maximum Gasteiger partial charge on any atom is 0.336 e. The van der Waals surface area contributed by atoms with E-state index in [0.717, 1.165) is 5.56 Å². The monoisotopic (exact) mass is 337 g/mol. The van der Waals surface area contributed by atoms with Gasteiger partial charge in [-0.3, -0.25) is 0 Å². The standard InChI is InChI=1S/C19H15NO5/c1-23-16-5-3-2-4-11(16)14-8-13(19(21)22)12-9-17-18(10-15(12)20-14)25-7-6-24-17/h2-5,8-10H,6-7H2,1H3,(H,21,22). The third-order valence-corrected chi connectivity index (χ3v) is 4.09. The number of carbonyl (C=O) groups is 1. The van der Waals surface area contributed by atoms with Gasteiger partial charge in [-0.2, -0.15) is 0 Å². The number of methoxy groups -OCH3 is 1. The third-order valence-electron chi connectivity index (χ3n) is 4.09. The molecule has 0 unspecified atom stereocenters. The first-order chi connectivity index (χ1) is 12.2. The number of hydrogen-bond donors (Lipinski definition) is 1. The van der Waals surface area contributed by atoms with E-state index in [2.05, 4.69) is 4.98 Å². The maximum atomic E-state index is 11.8. The number of aromatic nitrogens is 1. The van der Waals surface area contributed by atoms with E-state index in [0.29, 0.717) is 47.1 Å². The molecule has 0 radical (unpaired) electrons. The molecule has 0 saturated carbocycles. The van der Waals surface area contributed by atoms with Crippen molar-refractivity contribution in [1.82, 2.24) is 4.98 Å². The minimum Gasteiger partial charge on any atom is -0.496 e. The van der Waals surface area contributed by atoms with Gasteiger partial charge in [-0.25, -0.2) is 9.78 Å². The summed E-state index contributed by atoms with van der Waals surface area (Å²) in [5, 5.41) is 10.2. The number of ether oxygens (including phenoxy) is 3. The van der Waals surface area contributed by atoms with Gasteiger partial charge in [0.25, 0.3) is 0 Å². The van der Waals surface area contributed by atoms with Gasteiger partial charge in [-0.05, 0) is 24.3 Å². The molecule has 1 aromatic heterocycles. The highest BCUT2D eigenvalue weighted by Gasteiger charge is 2.19. The molecule has 2 aromatic carbocycles. The molecule has 1 N–H and O–H groups in total. The second-order valence-corrected chi connectivity index (χ2v) is 5.57. The topological polar surface area (TPSA) is 77.9 Å². The summed E-state index contributed by atoms with van der Waals surface area (Å²) in [4.78, 5) is 16.4. The van der Waals surface area contributed by atoms with E-state index < -0.39 is 5.97 Å². The van der Waals surface area contributed by atoms with Crippen LogP contribution in [0.25, 0.3) is 22.2 Å². The Kier molecular flexibility index (Phi) is 3.65. The summed E-state index contributed by atoms with van der Waals surface area (Å²) in [6.45, 7) is 0.893. The van der Waals surface area contributed by atoms with E-state index in [4.69, 9.17) is 14.2 Å². The molecule has 0 aliphatic carbocycles. The number of carboxylic acid groups (broad SMARTS) is 1. The van der Waals surface area contributed by atoms with Crippen LogP contribution in [0.3, 0.4) is 0 Å². The summed E-state index contributed by atoms with van der Waals surface area (Å²) >= 11 is 0. The van der Waals surface area contributed by atoms with E-state index in [1.807, 2.05) is 24.3 Å². The molecule has 25 heavy (non-hydrogen) atoms. The predicted octanol–water partition coefficient (Wildman–Crippen LogP) is 3.38. The highest BCUT2D eigenvalue weighted by molar-refractivity contribution is 6.04. The number of pyridine rings is 1. The van der Waals surface area contributed by atoms with Crippen LogP contribution in [0.15, 0.2) is 42.5 Å². The fourth-order valence-corrected chi connectivity index (χ4v) is 2.93. The average molecular weight is 337 g/mol. The molecule has 2 heterocycles. The van der Waals surface area contributed by atoms with Gasteiger partial charge in [0.15, 0.2) is 11.5 Å². The summed E-state index contributed by atoms with van der Waals surface area (Å²) in [6.07, 6.45) is 0. The molecule has 1 aliphatic heterocycles. The first-order valence-electron chi connectivity index (χ1n) is 7.78. The minimum atomic E-state index is -1.03. The molecular weight excluding hydrogens is 322 g/mol. The summed E-state index contributed by atoms with van der Waals surface area (Å²) in [5.41, 5.74) is 1.94. The second-order valence-electron chi connectivity index (χ2n) is 5.57. The van der Waals surface area contributed by atoms with Crippen molar-refractivity contribution >= 4 is 16.9 Å². The van der Waals surface area contributed by atoms with Gasteiger partial charge in [0.2, 0.25) is 0 Å². The lowest BCUT2D eigenvalue weighted by Crippen LogP contribution is -2.15. The van der Waals surface area contributed by atoms with Gasteiger partial charge in [-0.1, -0.05) is 12.1 Å². The van der Waals surface area contributed by atoms with Crippen LogP contribution in [-0.4, -0.2) is 36.4 Å². The van der Waals surface area contributed by atoms with Crippen molar-refractivity contribution in [1.29, 1.82) is 0 Å². The van der Waals surface area contributed by atoms with E-state index in [9.17, 15) is 9.90 Å². The number of fused-ring (bicyclic) bond motifs is 2. The Bertz CT molecular complexity index is 983. The van der Waals surface area contributed by atoms with Crippen molar-refractivity contribution < 1.29 is 24.1 Å². The Morgan fingerprint density at radius 2 is 1.84 bits per heavy atom. The Morgan fingerprint density at radius 3 is 2.56 bits per heavy atom.